The van der Waals surface area contributed by atoms with Crippen molar-refractivity contribution < 1.29 is 0 Å². The Morgan fingerprint density at radius 2 is 2.12 bits per heavy atom. The largest absolute Gasteiger partial charge is 0.125 e. The van der Waals surface area contributed by atoms with E-state index in [0.717, 1.165) is 22.6 Å². The van der Waals surface area contributed by atoms with Crippen LogP contribution in [-0.4, -0.2) is 10.6 Å². The molecule has 1 saturated carbocycles. The molecule has 0 N–H and O–H groups in total. The van der Waals surface area contributed by atoms with Crippen molar-refractivity contribution in [3.63, 3.8) is 0 Å². The molecule has 1 fully saturated rings. The van der Waals surface area contributed by atoms with Crippen molar-refractivity contribution in [2.24, 2.45) is 11.8 Å². The first-order valence-electron chi connectivity index (χ1n) is 6.61. The van der Waals surface area contributed by atoms with Gasteiger partial charge in [0.25, 0.3) is 0 Å². The lowest BCUT2D eigenvalue weighted by atomic mass is 9.85. The predicted octanol–water partition coefficient (Wildman–Crippen LogP) is 5.08. The van der Waals surface area contributed by atoms with Crippen LogP contribution in [0, 0.1) is 11.8 Å². The lowest BCUT2D eigenvalue weighted by molar-refractivity contribution is 0.374. The van der Waals surface area contributed by atoms with Gasteiger partial charge in [0.2, 0.25) is 0 Å². The summed E-state index contributed by atoms with van der Waals surface area (Å²) in [6.45, 7) is 2.42. The Labute approximate surface area is 117 Å². The number of rotatable bonds is 2. The van der Waals surface area contributed by atoms with Crippen molar-refractivity contribution in [3.05, 3.63) is 29.8 Å². The van der Waals surface area contributed by atoms with E-state index in [1.54, 1.807) is 5.56 Å². The van der Waals surface area contributed by atoms with Gasteiger partial charge in [-0.25, -0.2) is 0 Å². The highest BCUT2D eigenvalue weighted by Crippen LogP contribution is 2.47. The maximum atomic E-state index is 3.82. The highest BCUT2D eigenvalue weighted by Gasteiger charge is 2.34. The predicted molar refractivity (Wildman–Crippen MR) is 79.1 cm³/mol. The van der Waals surface area contributed by atoms with Gasteiger partial charge in [-0.3, -0.25) is 0 Å². The van der Waals surface area contributed by atoms with Gasteiger partial charge in [-0.2, -0.15) is 0 Å². The third-order valence-corrected chi connectivity index (χ3v) is 7.06. The summed E-state index contributed by atoms with van der Waals surface area (Å²) in [7, 11) is 0. The minimum Gasteiger partial charge on any atom is -0.125 e. The fraction of sp³-hybridized carbons (Fsp3) is 0.600. The van der Waals surface area contributed by atoms with E-state index in [-0.39, 0.29) is 0 Å². The van der Waals surface area contributed by atoms with Gasteiger partial charge < -0.3 is 0 Å². The number of halogens is 1. The zero-order valence-corrected chi connectivity index (χ0v) is 12.6. The van der Waals surface area contributed by atoms with Gasteiger partial charge in [0.05, 0.1) is 0 Å². The number of hydrogen-bond donors (Lipinski definition) is 0. The molecule has 17 heavy (non-hydrogen) atoms. The molecule has 0 aromatic heterocycles. The number of fused-ring (bicyclic) bond motifs is 1. The lowest BCUT2D eigenvalue weighted by Gasteiger charge is -2.21. The zero-order chi connectivity index (χ0) is 11.8. The molecule has 0 saturated heterocycles. The molecule has 2 aliphatic rings. The molecule has 1 aliphatic heterocycles. The van der Waals surface area contributed by atoms with Gasteiger partial charge >= 0.3 is 0 Å². The minimum atomic E-state index is 0.761. The van der Waals surface area contributed by atoms with Crippen LogP contribution in [0.1, 0.15) is 37.7 Å². The maximum absolute atomic E-state index is 3.82. The van der Waals surface area contributed by atoms with Crippen LogP contribution in [0.2, 0.25) is 0 Å². The average Bonchev–Trinajstić information content (AvgIpc) is 2.89. The molecule has 1 aromatic rings. The third-order valence-electron chi connectivity index (χ3n) is 4.51. The van der Waals surface area contributed by atoms with Crippen LogP contribution in [-0.2, 0) is 0 Å². The van der Waals surface area contributed by atoms with Crippen LogP contribution < -0.4 is 0 Å². The Hall–Kier alpha value is 0.0500. The topological polar surface area (TPSA) is 0 Å². The van der Waals surface area contributed by atoms with Crippen LogP contribution in [0.3, 0.4) is 0 Å². The second-order valence-corrected chi connectivity index (χ2v) is 7.73. The Morgan fingerprint density at radius 3 is 2.88 bits per heavy atom. The van der Waals surface area contributed by atoms with Crippen molar-refractivity contribution in [2.45, 2.75) is 41.8 Å². The van der Waals surface area contributed by atoms with Crippen LogP contribution in [0.4, 0.5) is 0 Å². The first-order chi connectivity index (χ1) is 8.25. The van der Waals surface area contributed by atoms with Gasteiger partial charge in [0, 0.05) is 15.5 Å². The van der Waals surface area contributed by atoms with E-state index in [2.05, 4.69) is 47.1 Å². The summed E-state index contributed by atoms with van der Waals surface area (Å²) < 4.78 is 0. The molecule has 0 spiro atoms. The van der Waals surface area contributed by atoms with Gasteiger partial charge in [-0.05, 0) is 48.6 Å². The number of hydrogen-bond acceptors (Lipinski definition) is 1. The van der Waals surface area contributed by atoms with E-state index in [1.165, 1.54) is 29.9 Å². The van der Waals surface area contributed by atoms with Crippen LogP contribution in [0.5, 0.6) is 0 Å². The average molecular weight is 311 g/mol. The number of alkyl halides is 1. The number of benzene rings is 1. The summed E-state index contributed by atoms with van der Waals surface area (Å²) in [5.41, 5.74) is 1.61. The van der Waals surface area contributed by atoms with E-state index in [4.69, 9.17) is 0 Å². The summed E-state index contributed by atoms with van der Waals surface area (Å²) in [5, 5.41) is 0. The van der Waals surface area contributed by atoms with Crippen molar-refractivity contribution in [1.29, 1.82) is 0 Å². The highest BCUT2D eigenvalue weighted by atomic mass is 79.9. The molecule has 1 heterocycles. The van der Waals surface area contributed by atoms with Crippen molar-refractivity contribution in [1.82, 2.24) is 0 Å². The summed E-state index contributed by atoms with van der Waals surface area (Å²) >= 11 is 5.87. The van der Waals surface area contributed by atoms with Gasteiger partial charge in [-0.1, -0.05) is 41.1 Å². The monoisotopic (exact) mass is 310 g/mol. The Bertz CT molecular complexity index is 404. The minimum absolute atomic E-state index is 0.761. The van der Waals surface area contributed by atoms with Crippen molar-refractivity contribution in [2.75, 3.05) is 5.75 Å². The second-order valence-electron chi connectivity index (χ2n) is 5.49. The van der Waals surface area contributed by atoms with Crippen LogP contribution >= 0.6 is 27.7 Å². The molecule has 0 amide bonds. The molecule has 0 nitrogen and oxygen atoms in total. The quantitative estimate of drug-likeness (QED) is 0.687. The van der Waals surface area contributed by atoms with Crippen LogP contribution in [0.15, 0.2) is 29.2 Å². The Morgan fingerprint density at radius 1 is 1.29 bits per heavy atom. The number of thioether (sulfide) groups is 1. The lowest BCUT2D eigenvalue weighted by Crippen LogP contribution is -2.14. The first kappa shape index (κ1) is 12.1. The normalized spacial score (nSPS) is 36.1. The van der Waals surface area contributed by atoms with Gasteiger partial charge in [0.1, 0.15) is 0 Å². The summed E-state index contributed by atoms with van der Waals surface area (Å²) in [5.74, 6) is 3.89. The van der Waals surface area contributed by atoms with Crippen molar-refractivity contribution in [3.8, 4) is 0 Å². The van der Waals surface area contributed by atoms with E-state index in [1.807, 2.05) is 11.8 Å². The first-order valence-corrected chi connectivity index (χ1v) is 8.51. The third kappa shape index (κ3) is 2.31. The molecule has 2 heteroatoms. The van der Waals surface area contributed by atoms with E-state index in [0.29, 0.717) is 0 Å². The van der Waals surface area contributed by atoms with E-state index >= 15 is 0 Å². The summed E-state index contributed by atoms with van der Waals surface area (Å²) in [6.07, 6.45) is 4.18. The molecular weight excluding hydrogens is 292 g/mol. The standard InChI is InChI=1S/C15H19BrS/c1-10-11(6-7-14(10)16)8-12-9-17-15-5-3-2-4-13(12)15/h2-5,10-12,14H,6-9H2,1H3. The molecule has 3 rings (SSSR count). The zero-order valence-electron chi connectivity index (χ0n) is 10.2. The van der Waals surface area contributed by atoms with Crippen LogP contribution in [0.25, 0.3) is 0 Å². The Balaban J connectivity index is 1.72. The van der Waals surface area contributed by atoms with E-state index in [9.17, 15) is 0 Å². The maximum Gasteiger partial charge on any atom is 0.0174 e. The molecule has 0 bridgehead atoms. The molecule has 92 valence electrons. The molecule has 4 unspecified atom stereocenters. The molecule has 4 atom stereocenters. The highest BCUT2D eigenvalue weighted by molar-refractivity contribution is 9.09. The summed E-state index contributed by atoms with van der Waals surface area (Å²) in [4.78, 5) is 2.29. The second kappa shape index (κ2) is 4.97. The summed E-state index contributed by atoms with van der Waals surface area (Å²) in [6, 6.07) is 8.99. The molecular formula is C15H19BrS. The Kier molecular flexibility index (Phi) is 3.54. The van der Waals surface area contributed by atoms with E-state index < -0.39 is 0 Å². The molecule has 0 radical (unpaired) electrons. The SMILES string of the molecule is CC1C(Br)CCC1CC1CSc2ccccc21. The van der Waals surface area contributed by atoms with Crippen molar-refractivity contribution >= 4 is 27.7 Å². The van der Waals surface area contributed by atoms with Gasteiger partial charge in [0.15, 0.2) is 0 Å². The smallest absolute Gasteiger partial charge is 0.0174 e. The molecule has 1 aliphatic carbocycles. The fourth-order valence-corrected chi connectivity index (χ4v) is 5.29. The molecule has 1 aromatic carbocycles. The fourth-order valence-electron chi connectivity index (χ4n) is 3.32. The van der Waals surface area contributed by atoms with Gasteiger partial charge in [-0.15, -0.1) is 11.8 Å².